The van der Waals surface area contributed by atoms with E-state index < -0.39 is 5.41 Å². The molecule has 336 valence electrons. The number of fused-ring (bicyclic) bond motifs is 14. The minimum atomic E-state index is -0.436. The molecule has 0 atom stereocenters. The number of hydrogen-bond acceptors (Lipinski definition) is 2. The highest BCUT2D eigenvalue weighted by atomic mass is 32.1. The summed E-state index contributed by atoms with van der Waals surface area (Å²) in [7, 11) is 0. The molecule has 1 nitrogen and oxygen atoms in total. The number of rotatable bonds is 6. The van der Waals surface area contributed by atoms with Gasteiger partial charge in [0.05, 0.1) is 16.8 Å². The molecule has 0 radical (unpaired) electrons. The zero-order chi connectivity index (χ0) is 47.4. The Morgan fingerprint density at radius 3 is 1.63 bits per heavy atom. The van der Waals surface area contributed by atoms with Crippen LogP contribution in [0.3, 0.4) is 0 Å². The summed E-state index contributed by atoms with van der Waals surface area (Å²) in [5.74, 6) is 0. The van der Waals surface area contributed by atoms with Crippen LogP contribution in [0, 0.1) is 0 Å². The summed E-state index contributed by atoms with van der Waals surface area (Å²) in [6.07, 6.45) is 0. The average Bonchev–Trinajstić information content (AvgIpc) is 4.05. The summed E-state index contributed by atoms with van der Waals surface area (Å²) in [5, 5.41) is 5.01. The Kier molecular flexibility index (Phi) is 9.31. The van der Waals surface area contributed by atoms with Gasteiger partial charge in [0.1, 0.15) is 0 Å². The molecule has 0 bridgehead atoms. The number of hydrogen-bond donors (Lipinski definition) is 0. The summed E-state index contributed by atoms with van der Waals surface area (Å²) in [6.45, 7) is 6.84. The lowest BCUT2D eigenvalue weighted by Gasteiger charge is -2.33. The Bertz CT molecular complexity index is 4050. The van der Waals surface area contributed by atoms with Gasteiger partial charge in [-0.2, -0.15) is 0 Å². The molecule has 0 unspecified atom stereocenters. The van der Waals surface area contributed by atoms with Gasteiger partial charge in [0.25, 0.3) is 0 Å². The van der Waals surface area contributed by atoms with Gasteiger partial charge in [-0.25, -0.2) is 0 Å². The van der Waals surface area contributed by atoms with Gasteiger partial charge in [-0.15, -0.1) is 11.3 Å². The van der Waals surface area contributed by atoms with Crippen LogP contribution in [0.2, 0.25) is 0 Å². The van der Waals surface area contributed by atoms with Gasteiger partial charge in [0, 0.05) is 37.0 Å². The maximum Gasteiger partial charge on any atom is 0.0725 e. The molecule has 1 aromatic heterocycles. The van der Waals surface area contributed by atoms with Gasteiger partial charge in [-0.3, -0.25) is 0 Å². The van der Waals surface area contributed by atoms with Crippen LogP contribution in [0.5, 0.6) is 0 Å². The van der Waals surface area contributed by atoms with Crippen LogP contribution in [-0.2, 0) is 10.8 Å². The van der Waals surface area contributed by atoms with E-state index in [2.05, 4.69) is 268 Å². The number of benzene rings is 11. The van der Waals surface area contributed by atoms with Crippen LogP contribution >= 0.6 is 11.3 Å². The van der Waals surface area contributed by atoms with E-state index in [0.717, 1.165) is 22.6 Å². The van der Waals surface area contributed by atoms with Gasteiger partial charge in [0.15, 0.2) is 0 Å². The largest absolute Gasteiger partial charge is 0.309 e. The van der Waals surface area contributed by atoms with Crippen molar-refractivity contribution in [3.63, 3.8) is 0 Å². The van der Waals surface area contributed by atoms with Crippen molar-refractivity contribution >= 4 is 59.3 Å². The van der Waals surface area contributed by atoms with Crippen molar-refractivity contribution < 1.29 is 0 Å². The van der Waals surface area contributed by atoms with Crippen LogP contribution in [0.1, 0.15) is 48.6 Å². The lowest BCUT2D eigenvalue weighted by molar-refractivity contribution is 0.590. The molecule has 2 heteroatoms. The first-order valence-corrected chi connectivity index (χ1v) is 25.6. The molecule has 0 aliphatic heterocycles. The Hall–Kier alpha value is -8.30. The van der Waals surface area contributed by atoms with Crippen molar-refractivity contribution in [1.29, 1.82) is 0 Å². The Morgan fingerprint density at radius 1 is 0.352 bits per heavy atom. The van der Waals surface area contributed by atoms with E-state index in [9.17, 15) is 0 Å². The third-order valence-corrected chi connectivity index (χ3v) is 16.6. The topological polar surface area (TPSA) is 3.24 Å². The van der Waals surface area contributed by atoms with Crippen molar-refractivity contribution in [2.45, 2.75) is 31.6 Å². The van der Waals surface area contributed by atoms with Crippen molar-refractivity contribution in [1.82, 2.24) is 0 Å². The fourth-order valence-electron chi connectivity index (χ4n) is 12.2. The van der Waals surface area contributed by atoms with Crippen LogP contribution in [0.25, 0.3) is 86.6 Å². The van der Waals surface area contributed by atoms with Gasteiger partial charge < -0.3 is 4.90 Å². The Balaban J connectivity index is 1.06. The molecule has 0 N–H and O–H groups in total. The van der Waals surface area contributed by atoms with Crippen molar-refractivity contribution in [3.05, 3.63) is 270 Å². The van der Waals surface area contributed by atoms with Crippen LogP contribution in [0.15, 0.2) is 243 Å². The van der Waals surface area contributed by atoms with Gasteiger partial charge in [0.2, 0.25) is 0 Å². The molecule has 0 fully saturated rings. The molecular weight excluding hydrogens is 875 g/mol. The second-order valence-electron chi connectivity index (χ2n) is 20.4. The first kappa shape index (κ1) is 41.7. The first-order chi connectivity index (χ1) is 34.8. The van der Waals surface area contributed by atoms with Crippen molar-refractivity contribution in [3.8, 4) is 55.6 Å². The van der Waals surface area contributed by atoms with Crippen LogP contribution < -0.4 is 4.90 Å². The van der Waals surface area contributed by atoms with E-state index in [4.69, 9.17) is 0 Å². The molecule has 0 saturated carbocycles. The summed E-state index contributed by atoms with van der Waals surface area (Å²) in [4.78, 5) is 2.57. The predicted octanol–water partition coefficient (Wildman–Crippen LogP) is 19.3. The van der Waals surface area contributed by atoms with Gasteiger partial charge in [-0.05, 0) is 137 Å². The monoisotopic (exact) mass is 923 g/mol. The minimum Gasteiger partial charge on any atom is -0.309 e. The molecule has 71 heavy (non-hydrogen) atoms. The van der Waals surface area contributed by atoms with Gasteiger partial charge in [-0.1, -0.05) is 215 Å². The first-order valence-electron chi connectivity index (χ1n) is 24.8. The fraction of sp³-hybridized carbons (Fsp3) is 0.0725. The second kappa shape index (κ2) is 15.9. The maximum absolute atomic E-state index is 2.57. The molecule has 2 aliphatic rings. The van der Waals surface area contributed by atoms with Crippen LogP contribution in [0.4, 0.5) is 17.1 Å². The smallest absolute Gasteiger partial charge is 0.0725 e. The Labute approximate surface area is 419 Å². The highest BCUT2D eigenvalue weighted by Gasteiger charge is 2.51. The number of anilines is 3. The molecule has 2 aliphatic carbocycles. The van der Waals surface area contributed by atoms with E-state index in [1.807, 2.05) is 11.3 Å². The zero-order valence-corrected chi connectivity index (χ0v) is 40.8. The zero-order valence-electron chi connectivity index (χ0n) is 39.9. The minimum absolute atomic E-state index is 0.0667. The summed E-state index contributed by atoms with van der Waals surface area (Å²) in [5.41, 5.74) is 21.9. The second-order valence-corrected chi connectivity index (χ2v) is 21.5. The predicted molar refractivity (Wildman–Crippen MR) is 303 cm³/mol. The van der Waals surface area contributed by atoms with Crippen molar-refractivity contribution in [2.24, 2.45) is 0 Å². The van der Waals surface area contributed by atoms with E-state index in [0.29, 0.717) is 0 Å². The average molecular weight is 924 g/mol. The van der Waals surface area contributed by atoms with Gasteiger partial charge >= 0.3 is 0 Å². The molecule has 14 rings (SSSR count). The van der Waals surface area contributed by atoms with E-state index >= 15 is 0 Å². The lowest BCUT2D eigenvalue weighted by atomic mass is 9.70. The number of nitrogens with zero attached hydrogens (tertiary/aromatic N) is 1. The fourth-order valence-corrected chi connectivity index (χ4v) is 13.3. The van der Waals surface area contributed by atoms with E-state index in [1.54, 1.807) is 0 Å². The SMILES string of the molecule is CC(C)(C)c1ccc(-c2ccc(N(c3ccc4c(c3)-c3ccccc3C43c4ccccc4-c4ccccc43)c3ccc4ccccc4c3-c3ccc4sc5ccccc5c4c3)c(-c3ccccc3)c2)cc1. The molecular formula is C69H49NS. The molecule has 0 saturated heterocycles. The molecule has 1 spiro atoms. The molecule has 1 heterocycles. The maximum atomic E-state index is 2.57. The third-order valence-electron chi connectivity index (χ3n) is 15.5. The molecule has 0 amide bonds. The van der Waals surface area contributed by atoms with E-state index in [1.165, 1.54) is 109 Å². The highest BCUT2D eigenvalue weighted by Crippen LogP contribution is 2.63. The number of thiophene rings is 1. The highest BCUT2D eigenvalue weighted by molar-refractivity contribution is 7.25. The van der Waals surface area contributed by atoms with Crippen LogP contribution in [-0.4, -0.2) is 0 Å². The molecule has 11 aromatic carbocycles. The summed E-state index contributed by atoms with van der Waals surface area (Å²) >= 11 is 1.87. The summed E-state index contributed by atoms with van der Waals surface area (Å²) < 4.78 is 2.61. The molecule has 12 aromatic rings. The Morgan fingerprint density at radius 2 is 0.915 bits per heavy atom. The quantitative estimate of drug-likeness (QED) is 0.161. The van der Waals surface area contributed by atoms with Crippen molar-refractivity contribution in [2.75, 3.05) is 4.90 Å². The lowest BCUT2D eigenvalue weighted by Crippen LogP contribution is -2.25. The van der Waals surface area contributed by atoms with E-state index in [-0.39, 0.29) is 5.41 Å². The third kappa shape index (κ3) is 6.31. The standard InChI is InChI=1S/C69H49NS/c1-68(2,3)49-34-29-44(30-35-49)47-32-38-63(56(41-47)45-17-5-4-6-18-45)70(64-39-31-46-19-7-8-20-51(46)67(64)48-33-40-66-58(42-48)55-24-12-16-28-65(55)71-66)50-36-37-62-57(43-50)54-23-11-15-27-61(54)69(62)59-25-13-9-21-52(59)53-22-10-14-26-60(53)69/h4-43H,1-3H3. The normalized spacial score (nSPS) is 13.1. The summed E-state index contributed by atoms with van der Waals surface area (Å²) in [6, 6.07) is 91.5.